The van der Waals surface area contributed by atoms with Crippen molar-refractivity contribution >= 4 is 41.5 Å². The summed E-state index contributed by atoms with van der Waals surface area (Å²) in [6.07, 6.45) is 0.222. The van der Waals surface area contributed by atoms with Crippen LogP contribution in [0.1, 0.15) is 5.56 Å². The van der Waals surface area contributed by atoms with E-state index in [9.17, 15) is 4.79 Å². The standard InChI is InChI=1S/C10H12Cl2N2O.ClH/c11-8-1-2-9(12)7(5-8)6-10(15)14-4-3-13;/h1-2,5H,3-4,6,13H2,(H,14,15);1H. The predicted molar refractivity (Wildman–Crippen MR) is 69.5 cm³/mol. The summed E-state index contributed by atoms with van der Waals surface area (Å²) in [5, 5.41) is 3.78. The number of hydrogen-bond acceptors (Lipinski definition) is 2. The summed E-state index contributed by atoms with van der Waals surface area (Å²) in [6, 6.07) is 5.05. The molecule has 3 N–H and O–H groups in total. The summed E-state index contributed by atoms with van der Waals surface area (Å²) >= 11 is 11.7. The van der Waals surface area contributed by atoms with Gasteiger partial charge in [0.05, 0.1) is 6.42 Å². The molecule has 0 aliphatic heterocycles. The lowest BCUT2D eigenvalue weighted by Crippen LogP contribution is -2.30. The number of benzene rings is 1. The van der Waals surface area contributed by atoms with E-state index in [-0.39, 0.29) is 24.7 Å². The van der Waals surface area contributed by atoms with E-state index in [2.05, 4.69) is 5.32 Å². The van der Waals surface area contributed by atoms with Crippen LogP contribution in [0.3, 0.4) is 0 Å². The van der Waals surface area contributed by atoms with Gasteiger partial charge in [-0.05, 0) is 23.8 Å². The van der Waals surface area contributed by atoms with Crippen LogP contribution >= 0.6 is 35.6 Å². The Labute approximate surface area is 111 Å². The monoisotopic (exact) mass is 282 g/mol. The SMILES string of the molecule is Cl.NCCNC(=O)Cc1cc(Cl)ccc1Cl. The molecule has 0 heterocycles. The Hall–Kier alpha value is -0.480. The second-order valence-corrected chi connectivity index (χ2v) is 3.89. The Kier molecular flexibility index (Phi) is 7.51. The molecular weight excluding hydrogens is 270 g/mol. The summed E-state index contributed by atoms with van der Waals surface area (Å²) < 4.78 is 0. The fraction of sp³-hybridized carbons (Fsp3) is 0.300. The first kappa shape index (κ1) is 15.5. The van der Waals surface area contributed by atoms with Crippen LogP contribution in [-0.4, -0.2) is 19.0 Å². The molecule has 6 heteroatoms. The van der Waals surface area contributed by atoms with Crippen molar-refractivity contribution in [2.75, 3.05) is 13.1 Å². The van der Waals surface area contributed by atoms with Crippen LogP contribution in [0.2, 0.25) is 10.0 Å². The van der Waals surface area contributed by atoms with Crippen LogP contribution in [0.15, 0.2) is 18.2 Å². The van der Waals surface area contributed by atoms with Crippen LogP contribution in [-0.2, 0) is 11.2 Å². The zero-order valence-corrected chi connectivity index (χ0v) is 10.8. The summed E-state index contributed by atoms with van der Waals surface area (Å²) in [6.45, 7) is 0.895. The van der Waals surface area contributed by atoms with Crippen molar-refractivity contribution in [2.45, 2.75) is 6.42 Å². The number of halogens is 3. The molecule has 0 aliphatic carbocycles. The molecule has 0 bridgehead atoms. The lowest BCUT2D eigenvalue weighted by atomic mass is 10.1. The Morgan fingerprint density at radius 3 is 2.69 bits per heavy atom. The number of amides is 1. The zero-order chi connectivity index (χ0) is 11.3. The smallest absolute Gasteiger partial charge is 0.224 e. The molecule has 16 heavy (non-hydrogen) atoms. The Morgan fingerprint density at radius 2 is 2.06 bits per heavy atom. The van der Waals surface area contributed by atoms with E-state index < -0.39 is 0 Å². The van der Waals surface area contributed by atoms with Gasteiger partial charge in [-0.1, -0.05) is 23.2 Å². The second kappa shape index (κ2) is 7.74. The first-order chi connectivity index (χ1) is 7.13. The molecule has 0 spiro atoms. The topological polar surface area (TPSA) is 55.1 Å². The van der Waals surface area contributed by atoms with Crippen molar-refractivity contribution in [3.63, 3.8) is 0 Å². The highest BCUT2D eigenvalue weighted by Crippen LogP contribution is 2.20. The van der Waals surface area contributed by atoms with Crippen molar-refractivity contribution in [3.05, 3.63) is 33.8 Å². The van der Waals surface area contributed by atoms with Gasteiger partial charge in [-0.2, -0.15) is 0 Å². The summed E-state index contributed by atoms with van der Waals surface area (Å²) in [5.41, 5.74) is 5.98. The average Bonchev–Trinajstić information content (AvgIpc) is 2.20. The molecule has 1 amide bonds. The van der Waals surface area contributed by atoms with Crippen LogP contribution < -0.4 is 11.1 Å². The maximum atomic E-state index is 11.4. The average molecular weight is 284 g/mol. The number of carbonyl (C=O) groups excluding carboxylic acids is 1. The normalized spacial score (nSPS) is 9.44. The molecule has 0 unspecified atom stereocenters. The quantitative estimate of drug-likeness (QED) is 0.888. The van der Waals surface area contributed by atoms with Crippen molar-refractivity contribution in [3.8, 4) is 0 Å². The van der Waals surface area contributed by atoms with Gasteiger partial charge in [0.1, 0.15) is 0 Å². The lowest BCUT2D eigenvalue weighted by molar-refractivity contribution is -0.120. The number of hydrogen-bond donors (Lipinski definition) is 2. The van der Waals surface area contributed by atoms with Gasteiger partial charge in [0.25, 0.3) is 0 Å². The first-order valence-electron chi connectivity index (χ1n) is 4.54. The molecule has 0 saturated heterocycles. The van der Waals surface area contributed by atoms with E-state index in [0.717, 1.165) is 5.56 Å². The highest BCUT2D eigenvalue weighted by atomic mass is 35.5. The van der Waals surface area contributed by atoms with E-state index in [1.165, 1.54) is 0 Å². The largest absolute Gasteiger partial charge is 0.355 e. The van der Waals surface area contributed by atoms with Crippen LogP contribution in [0.25, 0.3) is 0 Å². The molecule has 1 rings (SSSR count). The van der Waals surface area contributed by atoms with Gasteiger partial charge in [-0.25, -0.2) is 0 Å². The second-order valence-electron chi connectivity index (χ2n) is 3.05. The fourth-order valence-corrected chi connectivity index (χ4v) is 1.50. The predicted octanol–water partition coefficient (Wildman–Crippen LogP) is 2.03. The molecule has 0 saturated carbocycles. The summed E-state index contributed by atoms with van der Waals surface area (Å²) in [7, 11) is 0. The molecule has 1 aromatic carbocycles. The van der Waals surface area contributed by atoms with Crippen LogP contribution in [0, 0.1) is 0 Å². The van der Waals surface area contributed by atoms with Gasteiger partial charge in [0.2, 0.25) is 5.91 Å². The van der Waals surface area contributed by atoms with E-state index in [0.29, 0.717) is 23.1 Å². The molecule has 0 aliphatic rings. The van der Waals surface area contributed by atoms with Crippen LogP contribution in [0.4, 0.5) is 0 Å². The minimum absolute atomic E-state index is 0. The van der Waals surface area contributed by atoms with E-state index in [1.54, 1.807) is 18.2 Å². The van der Waals surface area contributed by atoms with E-state index in [4.69, 9.17) is 28.9 Å². The maximum Gasteiger partial charge on any atom is 0.224 e. The van der Waals surface area contributed by atoms with E-state index >= 15 is 0 Å². The van der Waals surface area contributed by atoms with Crippen molar-refractivity contribution in [1.29, 1.82) is 0 Å². The molecule has 0 fully saturated rings. The van der Waals surface area contributed by atoms with E-state index in [1.807, 2.05) is 0 Å². The number of carbonyl (C=O) groups is 1. The minimum Gasteiger partial charge on any atom is -0.355 e. The minimum atomic E-state index is -0.107. The molecule has 3 nitrogen and oxygen atoms in total. The Morgan fingerprint density at radius 1 is 1.38 bits per heavy atom. The van der Waals surface area contributed by atoms with Crippen molar-refractivity contribution in [1.82, 2.24) is 5.32 Å². The van der Waals surface area contributed by atoms with Crippen LogP contribution in [0.5, 0.6) is 0 Å². The fourth-order valence-electron chi connectivity index (χ4n) is 1.13. The third kappa shape index (κ3) is 5.03. The highest BCUT2D eigenvalue weighted by Gasteiger charge is 2.06. The van der Waals surface area contributed by atoms with Gasteiger partial charge >= 0.3 is 0 Å². The van der Waals surface area contributed by atoms with Gasteiger partial charge < -0.3 is 11.1 Å². The summed E-state index contributed by atoms with van der Waals surface area (Å²) in [4.78, 5) is 11.4. The lowest BCUT2D eigenvalue weighted by Gasteiger charge is -2.05. The number of nitrogens with two attached hydrogens (primary N) is 1. The molecule has 0 atom stereocenters. The molecule has 90 valence electrons. The third-order valence-electron chi connectivity index (χ3n) is 1.83. The van der Waals surface area contributed by atoms with Crippen molar-refractivity contribution in [2.24, 2.45) is 5.73 Å². The van der Waals surface area contributed by atoms with Gasteiger partial charge in [0, 0.05) is 23.1 Å². The summed E-state index contributed by atoms with van der Waals surface area (Å²) in [5.74, 6) is -0.107. The number of nitrogens with one attached hydrogen (secondary N) is 1. The maximum absolute atomic E-state index is 11.4. The molecule has 0 aromatic heterocycles. The molecular formula is C10H13Cl3N2O. The molecule has 0 radical (unpaired) electrons. The first-order valence-corrected chi connectivity index (χ1v) is 5.29. The van der Waals surface area contributed by atoms with Crippen molar-refractivity contribution < 1.29 is 4.79 Å². The zero-order valence-electron chi connectivity index (χ0n) is 8.50. The molecule has 1 aromatic rings. The Bertz CT molecular complexity index is 358. The van der Waals surface area contributed by atoms with Gasteiger partial charge in [0.15, 0.2) is 0 Å². The number of rotatable bonds is 4. The third-order valence-corrected chi connectivity index (χ3v) is 2.43. The Balaban J connectivity index is 0.00000225. The van der Waals surface area contributed by atoms with Gasteiger partial charge in [-0.3, -0.25) is 4.79 Å². The van der Waals surface area contributed by atoms with Gasteiger partial charge in [-0.15, -0.1) is 12.4 Å². The highest BCUT2D eigenvalue weighted by molar-refractivity contribution is 6.33.